The van der Waals surface area contributed by atoms with Crippen LogP contribution in [0.15, 0.2) is 0 Å². The SMILES string of the molecule is C[CH2][Al+][CH2]C.C[CH2][Al]([CH2]C)[CH2]C.[CH2]C.[Cl-]. The minimum atomic E-state index is -0.171. The van der Waals surface area contributed by atoms with E-state index in [4.69, 9.17) is 0 Å². The third kappa shape index (κ3) is 31.3. The maximum absolute atomic E-state index is 3.25. The average molecular weight is 264 g/mol. The van der Waals surface area contributed by atoms with Gasteiger partial charge in [-0.25, -0.2) is 0 Å². The van der Waals surface area contributed by atoms with Crippen molar-refractivity contribution >= 4 is 29.4 Å². The zero-order chi connectivity index (χ0) is 11.8. The van der Waals surface area contributed by atoms with Crippen LogP contribution in [0, 0.1) is 6.92 Å². The van der Waals surface area contributed by atoms with Gasteiger partial charge in [-0.05, 0) is 0 Å². The van der Waals surface area contributed by atoms with E-state index in [9.17, 15) is 0 Å². The summed E-state index contributed by atoms with van der Waals surface area (Å²) in [5, 5.41) is 7.33. The first-order valence-corrected chi connectivity index (χ1v) is 10.4. The Morgan fingerprint density at radius 2 is 1.07 bits per heavy atom. The molecule has 0 rings (SSSR count). The summed E-state index contributed by atoms with van der Waals surface area (Å²) in [5.41, 5.74) is 0. The molecular formula is C12H30Al2Cl. The van der Waals surface area contributed by atoms with Gasteiger partial charge in [0.1, 0.15) is 0 Å². The Bertz CT molecular complexity index is 59.1. The molecule has 0 aliphatic rings. The molecule has 0 aromatic rings. The fourth-order valence-electron chi connectivity index (χ4n) is 1.15. The molecule has 3 heteroatoms. The van der Waals surface area contributed by atoms with Crippen molar-refractivity contribution in [3.05, 3.63) is 6.92 Å². The summed E-state index contributed by atoms with van der Waals surface area (Å²) >= 11 is 0.644. The van der Waals surface area contributed by atoms with Crippen LogP contribution >= 0.6 is 0 Å². The Labute approximate surface area is 116 Å². The fourth-order valence-corrected chi connectivity index (χ4v) is 3.46. The van der Waals surface area contributed by atoms with E-state index in [1.165, 1.54) is 26.4 Å². The number of hydrogen-bond donors (Lipinski definition) is 0. The summed E-state index contributed by atoms with van der Waals surface area (Å²) in [7, 11) is 0. The molecule has 15 heavy (non-hydrogen) atoms. The molecule has 0 saturated carbocycles. The van der Waals surface area contributed by atoms with Crippen molar-refractivity contribution in [2.24, 2.45) is 0 Å². The van der Waals surface area contributed by atoms with E-state index in [0.29, 0.717) is 0 Å². The third-order valence-electron chi connectivity index (χ3n) is 2.31. The molecule has 0 heterocycles. The average Bonchev–Trinajstić information content (AvgIpc) is 2.25. The predicted octanol–water partition coefficient (Wildman–Crippen LogP) is 1.95. The van der Waals surface area contributed by atoms with Gasteiger partial charge < -0.3 is 12.4 Å². The molecule has 91 valence electrons. The van der Waals surface area contributed by atoms with E-state index in [0.717, 1.165) is 15.2 Å². The normalized spacial score (nSPS) is 6.87. The number of halogens is 1. The molecule has 0 spiro atoms. The molecule has 0 atom stereocenters. The van der Waals surface area contributed by atoms with E-state index in [1.54, 1.807) is 6.92 Å². The molecular weight excluding hydrogens is 234 g/mol. The van der Waals surface area contributed by atoms with Crippen LogP contribution in [0.3, 0.4) is 0 Å². The molecule has 0 amide bonds. The number of rotatable bonds is 5. The van der Waals surface area contributed by atoms with Gasteiger partial charge in [0.05, 0.1) is 0 Å². The molecule has 0 aromatic carbocycles. The largest absolute Gasteiger partial charge is 1.00 e. The molecule has 0 saturated heterocycles. The van der Waals surface area contributed by atoms with Crippen molar-refractivity contribution in [2.45, 2.75) is 68.0 Å². The molecule has 0 aliphatic heterocycles. The van der Waals surface area contributed by atoms with Gasteiger partial charge in [0, 0.05) is 0 Å². The Balaban J connectivity index is -0.0000000675. The molecule has 0 bridgehead atoms. The Morgan fingerprint density at radius 1 is 0.800 bits per heavy atom. The molecule has 0 aromatic heterocycles. The Morgan fingerprint density at radius 3 is 1.07 bits per heavy atom. The Hall–Kier alpha value is 1.35. The molecule has 1 radical (unpaired) electrons. The monoisotopic (exact) mass is 263 g/mol. The molecule has 0 unspecified atom stereocenters. The van der Waals surface area contributed by atoms with Crippen LogP contribution < -0.4 is 12.4 Å². The van der Waals surface area contributed by atoms with Gasteiger partial charge in [0.2, 0.25) is 0 Å². The summed E-state index contributed by atoms with van der Waals surface area (Å²) in [6.07, 6.45) is 0. The van der Waals surface area contributed by atoms with Gasteiger partial charge in [0.15, 0.2) is 0 Å². The fraction of sp³-hybridized carbons (Fsp3) is 0.917. The van der Waals surface area contributed by atoms with Gasteiger partial charge in [-0.3, -0.25) is 0 Å². The molecule has 0 fully saturated rings. The first kappa shape index (κ1) is 25.3. The van der Waals surface area contributed by atoms with Crippen LogP contribution in [-0.4, -0.2) is 29.4 Å². The zero-order valence-electron chi connectivity index (χ0n) is 11.8. The van der Waals surface area contributed by atoms with Crippen molar-refractivity contribution in [2.75, 3.05) is 0 Å². The van der Waals surface area contributed by atoms with E-state index in [1.807, 2.05) is 0 Å². The minimum Gasteiger partial charge on any atom is -1.00 e. The maximum Gasteiger partial charge on any atom is 0.261 e. The Kier molecular flexibility index (Phi) is 49.7. The first-order chi connectivity index (χ1) is 6.76. The van der Waals surface area contributed by atoms with Crippen molar-refractivity contribution in [3.8, 4) is 0 Å². The van der Waals surface area contributed by atoms with Crippen LogP contribution in [-0.2, 0) is 0 Å². The van der Waals surface area contributed by atoms with Crippen LogP contribution in [0.5, 0.6) is 0 Å². The van der Waals surface area contributed by atoms with Crippen LogP contribution in [0.25, 0.3) is 0 Å². The third-order valence-corrected chi connectivity index (χ3v) is 6.93. The minimum absolute atomic E-state index is 0. The summed E-state index contributed by atoms with van der Waals surface area (Å²) in [5.74, 6) is 0. The second-order valence-corrected chi connectivity index (χ2v) is 9.59. The van der Waals surface area contributed by atoms with Crippen LogP contribution in [0.2, 0.25) is 26.4 Å². The van der Waals surface area contributed by atoms with Crippen molar-refractivity contribution < 1.29 is 12.4 Å². The first-order valence-electron chi connectivity index (χ1n) is 6.28. The summed E-state index contributed by atoms with van der Waals surface area (Å²) in [4.78, 5) is 0. The van der Waals surface area contributed by atoms with Gasteiger partial charge in [-0.1, -0.05) is 50.5 Å². The molecule has 0 nitrogen and oxygen atoms in total. The van der Waals surface area contributed by atoms with E-state index in [-0.39, 0.29) is 26.6 Å². The zero-order valence-corrected chi connectivity index (χ0v) is 14.8. The second kappa shape index (κ2) is 29.5. The van der Waals surface area contributed by atoms with Crippen molar-refractivity contribution in [1.29, 1.82) is 0 Å². The predicted molar refractivity (Wildman–Crippen MR) is 74.9 cm³/mol. The van der Waals surface area contributed by atoms with E-state index < -0.39 is 0 Å². The quantitative estimate of drug-likeness (QED) is 0.665. The number of hydrogen-bond acceptors (Lipinski definition) is 0. The van der Waals surface area contributed by atoms with Crippen molar-refractivity contribution in [1.82, 2.24) is 0 Å². The topological polar surface area (TPSA) is 0 Å². The molecule has 0 N–H and O–H groups in total. The van der Waals surface area contributed by atoms with Gasteiger partial charge >= 0.3 is 39.6 Å². The van der Waals surface area contributed by atoms with E-state index in [2.05, 4.69) is 41.5 Å². The summed E-state index contributed by atoms with van der Waals surface area (Å²) in [6.45, 7) is 16.5. The van der Waals surface area contributed by atoms with Gasteiger partial charge in [0.25, 0.3) is 14.1 Å². The van der Waals surface area contributed by atoms with Crippen LogP contribution in [0.4, 0.5) is 0 Å². The second-order valence-electron chi connectivity index (χ2n) is 3.20. The van der Waals surface area contributed by atoms with Crippen LogP contribution in [0.1, 0.15) is 41.5 Å². The molecule has 0 aliphatic carbocycles. The van der Waals surface area contributed by atoms with Crippen molar-refractivity contribution in [3.63, 3.8) is 0 Å². The van der Waals surface area contributed by atoms with Gasteiger partial charge in [-0.2, -0.15) is 0 Å². The summed E-state index contributed by atoms with van der Waals surface area (Å²) < 4.78 is 0. The maximum atomic E-state index is 3.25. The standard InChI is InChI=1S/6C2H5.2Al.ClH/c6*1-2;;;/h6*1H2,2H3;;;1H/q;;;;;;;+1;/p-1. The summed E-state index contributed by atoms with van der Waals surface area (Å²) in [6, 6.07) is 0. The van der Waals surface area contributed by atoms with E-state index >= 15 is 0 Å². The smallest absolute Gasteiger partial charge is 0.261 e. The van der Waals surface area contributed by atoms with Gasteiger partial charge in [-0.15, -0.1) is 0 Å².